The fourth-order valence-corrected chi connectivity index (χ4v) is 2.86. The molecule has 1 aliphatic rings. The zero-order chi connectivity index (χ0) is 15.1. The van der Waals surface area contributed by atoms with Gasteiger partial charge in [-0.3, -0.25) is 4.79 Å². The maximum atomic E-state index is 12.0. The second-order valence-corrected chi connectivity index (χ2v) is 6.04. The average Bonchev–Trinajstić information content (AvgIpc) is 2.54. The molecule has 0 aromatic heterocycles. The number of benzene rings is 1. The predicted octanol–water partition coefficient (Wildman–Crippen LogP) is 1.82. The Balaban J connectivity index is 1.73. The molecule has 0 radical (unpaired) electrons. The number of hydrogen-bond acceptors (Lipinski definition) is 3. The molecular formula is C17H26N2O2. The van der Waals surface area contributed by atoms with Crippen LogP contribution in [0.4, 0.5) is 0 Å². The molecule has 1 aliphatic heterocycles. The highest BCUT2D eigenvalue weighted by Crippen LogP contribution is 2.22. The van der Waals surface area contributed by atoms with Gasteiger partial charge in [-0.25, -0.2) is 0 Å². The fraction of sp³-hybridized carbons (Fsp3) is 0.588. The van der Waals surface area contributed by atoms with Crippen LogP contribution in [0.2, 0.25) is 0 Å². The first-order valence-corrected chi connectivity index (χ1v) is 7.85. The van der Waals surface area contributed by atoms with Gasteiger partial charge < -0.3 is 15.7 Å². The molecule has 116 valence electrons. The molecule has 2 unspecified atom stereocenters. The van der Waals surface area contributed by atoms with Gasteiger partial charge in [0.05, 0.1) is 6.61 Å². The van der Waals surface area contributed by atoms with Crippen LogP contribution in [-0.2, 0) is 17.9 Å². The van der Waals surface area contributed by atoms with Crippen molar-refractivity contribution in [2.45, 2.75) is 39.3 Å². The summed E-state index contributed by atoms with van der Waals surface area (Å²) in [5.41, 5.74) is 1.95. The largest absolute Gasteiger partial charge is 0.392 e. The Bertz CT molecular complexity index is 439. The van der Waals surface area contributed by atoms with E-state index in [-0.39, 0.29) is 12.5 Å². The summed E-state index contributed by atoms with van der Waals surface area (Å²) in [6, 6.07) is 7.66. The number of amides is 1. The highest BCUT2D eigenvalue weighted by atomic mass is 16.3. The van der Waals surface area contributed by atoms with E-state index in [1.807, 2.05) is 24.3 Å². The highest BCUT2D eigenvalue weighted by molar-refractivity contribution is 5.76. The molecule has 2 rings (SSSR count). The van der Waals surface area contributed by atoms with Crippen LogP contribution in [0.25, 0.3) is 0 Å². The lowest BCUT2D eigenvalue weighted by Gasteiger charge is -2.28. The number of aliphatic hydroxyl groups is 1. The van der Waals surface area contributed by atoms with Gasteiger partial charge in [0, 0.05) is 13.0 Å². The van der Waals surface area contributed by atoms with E-state index >= 15 is 0 Å². The summed E-state index contributed by atoms with van der Waals surface area (Å²) in [4.78, 5) is 12.0. The molecule has 0 saturated carbocycles. The minimum absolute atomic E-state index is 0.0551. The van der Waals surface area contributed by atoms with Crippen molar-refractivity contribution in [1.82, 2.24) is 10.6 Å². The van der Waals surface area contributed by atoms with Crippen molar-refractivity contribution in [3.63, 3.8) is 0 Å². The molecule has 1 aromatic carbocycles. The molecule has 1 aromatic rings. The van der Waals surface area contributed by atoms with E-state index in [0.29, 0.717) is 24.8 Å². The van der Waals surface area contributed by atoms with Gasteiger partial charge in [0.2, 0.25) is 5.91 Å². The van der Waals surface area contributed by atoms with Crippen molar-refractivity contribution in [1.29, 1.82) is 0 Å². The maximum Gasteiger partial charge on any atom is 0.220 e. The lowest BCUT2D eigenvalue weighted by molar-refractivity contribution is -0.122. The van der Waals surface area contributed by atoms with Crippen LogP contribution in [-0.4, -0.2) is 24.1 Å². The van der Waals surface area contributed by atoms with E-state index in [2.05, 4.69) is 17.6 Å². The van der Waals surface area contributed by atoms with Crippen LogP contribution in [0.15, 0.2) is 24.3 Å². The van der Waals surface area contributed by atoms with E-state index in [0.717, 1.165) is 24.2 Å². The third kappa shape index (κ3) is 5.14. The van der Waals surface area contributed by atoms with Crippen LogP contribution in [0.3, 0.4) is 0 Å². The fourth-order valence-electron chi connectivity index (χ4n) is 2.86. The Hall–Kier alpha value is -1.39. The zero-order valence-corrected chi connectivity index (χ0v) is 12.8. The average molecular weight is 290 g/mol. The highest BCUT2D eigenvalue weighted by Gasteiger charge is 2.21. The third-order valence-electron chi connectivity index (χ3n) is 4.34. The van der Waals surface area contributed by atoms with Crippen molar-refractivity contribution < 1.29 is 9.90 Å². The Morgan fingerprint density at radius 1 is 1.38 bits per heavy atom. The van der Waals surface area contributed by atoms with E-state index in [1.165, 1.54) is 12.8 Å². The molecule has 3 N–H and O–H groups in total. The Morgan fingerprint density at radius 2 is 2.10 bits per heavy atom. The minimum Gasteiger partial charge on any atom is -0.392 e. The molecule has 21 heavy (non-hydrogen) atoms. The molecule has 1 fully saturated rings. The number of rotatable bonds is 6. The second kappa shape index (κ2) is 8.15. The van der Waals surface area contributed by atoms with E-state index in [4.69, 9.17) is 5.11 Å². The minimum atomic E-state index is 0.0551. The maximum absolute atomic E-state index is 12.0. The number of hydrogen-bond donors (Lipinski definition) is 3. The molecule has 0 aliphatic carbocycles. The first kappa shape index (κ1) is 16.0. The molecule has 4 nitrogen and oxygen atoms in total. The summed E-state index contributed by atoms with van der Waals surface area (Å²) >= 11 is 0. The third-order valence-corrected chi connectivity index (χ3v) is 4.34. The number of nitrogens with one attached hydrogen (secondary N) is 2. The van der Waals surface area contributed by atoms with Crippen LogP contribution in [0, 0.1) is 11.8 Å². The number of carbonyl (C=O) groups excluding carboxylic acids is 1. The SMILES string of the molecule is CC(CC(=O)NCc1ccc(CO)cc1)C1CCCNC1. The van der Waals surface area contributed by atoms with Gasteiger partial charge >= 0.3 is 0 Å². The summed E-state index contributed by atoms with van der Waals surface area (Å²) < 4.78 is 0. The van der Waals surface area contributed by atoms with E-state index in [1.54, 1.807) is 0 Å². The Labute approximate surface area is 126 Å². The number of piperidine rings is 1. The Morgan fingerprint density at radius 3 is 2.71 bits per heavy atom. The molecule has 2 atom stereocenters. The van der Waals surface area contributed by atoms with Gasteiger partial charge in [-0.15, -0.1) is 0 Å². The van der Waals surface area contributed by atoms with Gasteiger partial charge in [-0.1, -0.05) is 31.2 Å². The van der Waals surface area contributed by atoms with Crippen molar-refractivity contribution in [3.05, 3.63) is 35.4 Å². The van der Waals surface area contributed by atoms with Crippen LogP contribution >= 0.6 is 0 Å². The van der Waals surface area contributed by atoms with Gasteiger partial charge in [-0.2, -0.15) is 0 Å². The van der Waals surface area contributed by atoms with Crippen molar-refractivity contribution in [2.24, 2.45) is 11.8 Å². The molecule has 0 spiro atoms. The predicted molar refractivity (Wildman–Crippen MR) is 83.6 cm³/mol. The van der Waals surface area contributed by atoms with Crippen LogP contribution < -0.4 is 10.6 Å². The molecular weight excluding hydrogens is 264 g/mol. The van der Waals surface area contributed by atoms with Gasteiger partial charge in [0.15, 0.2) is 0 Å². The van der Waals surface area contributed by atoms with Gasteiger partial charge in [0.1, 0.15) is 0 Å². The number of carbonyl (C=O) groups is 1. The van der Waals surface area contributed by atoms with Crippen LogP contribution in [0.5, 0.6) is 0 Å². The second-order valence-electron chi connectivity index (χ2n) is 6.04. The van der Waals surface area contributed by atoms with Crippen molar-refractivity contribution >= 4 is 5.91 Å². The first-order chi connectivity index (χ1) is 10.2. The topological polar surface area (TPSA) is 61.4 Å². The summed E-state index contributed by atoms with van der Waals surface area (Å²) in [6.45, 7) is 4.93. The molecule has 0 bridgehead atoms. The van der Waals surface area contributed by atoms with Crippen molar-refractivity contribution in [3.8, 4) is 0 Å². The summed E-state index contributed by atoms with van der Waals surface area (Å²) in [5, 5.41) is 15.4. The Kier molecular flexibility index (Phi) is 6.21. The molecule has 1 saturated heterocycles. The van der Waals surface area contributed by atoms with E-state index < -0.39 is 0 Å². The molecule has 4 heteroatoms. The summed E-state index contributed by atoms with van der Waals surface area (Å²) in [6.07, 6.45) is 3.04. The smallest absolute Gasteiger partial charge is 0.220 e. The van der Waals surface area contributed by atoms with E-state index in [9.17, 15) is 4.79 Å². The quantitative estimate of drug-likeness (QED) is 0.749. The first-order valence-electron chi connectivity index (χ1n) is 7.85. The summed E-state index contributed by atoms with van der Waals surface area (Å²) in [5.74, 6) is 1.17. The monoisotopic (exact) mass is 290 g/mol. The summed E-state index contributed by atoms with van der Waals surface area (Å²) in [7, 11) is 0. The normalized spacial score (nSPS) is 20.0. The zero-order valence-electron chi connectivity index (χ0n) is 12.8. The van der Waals surface area contributed by atoms with Crippen molar-refractivity contribution in [2.75, 3.05) is 13.1 Å². The lowest BCUT2D eigenvalue weighted by atomic mass is 9.85. The molecule has 1 amide bonds. The van der Waals surface area contributed by atoms with Gasteiger partial charge in [0.25, 0.3) is 0 Å². The molecule has 1 heterocycles. The van der Waals surface area contributed by atoms with Crippen LogP contribution in [0.1, 0.15) is 37.3 Å². The standard InChI is InChI=1S/C17H26N2O2/c1-13(16-3-2-8-18-11-16)9-17(21)19-10-14-4-6-15(12-20)7-5-14/h4-7,13,16,18,20H,2-3,8-12H2,1H3,(H,19,21). The number of aliphatic hydroxyl groups excluding tert-OH is 1. The van der Waals surface area contributed by atoms with Gasteiger partial charge in [-0.05, 0) is 48.9 Å². The lowest BCUT2D eigenvalue weighted by Crippen LogP contribution is -2.35.